The number of anilines is 1. The lowest BCUT2D eigenvalue weighted by molar-refractivity contribution is 0.0982. The Labute approximate surface area is 160 Å². The number of likely N-dealkylation sites (tertiary alicyclic amines) is 1. The molecule has 0 radical (unpaired) electrons. The molecule has 0 unspecified atom stereocenters. The number of fused-ring (bicyclic) bond motifs is 1. The zero-order valence-corrected chi connectivity index (χ0v) is 16.3. The highest BCUT2D eigenvalue weighted by Gasteiger charge is 2.35. The molecule has 2 aromatic heterocycles. The first kappa shape index (κ1) is 18.3. The van der Waals surface area contributed by atoms with Crippen molar-refractivity contribution in [2.75, 3.05) is 32.1 Å². The monoisotopic (exact) mass is 368 g/mol. The van der Waals surface area contributed by atoms with Gasteiger partial charge in [-0.1, -0.05) is 0 Å². The molecule has 144 valence electrons. The van der Waals surface area contributed by atoms with Gasteiger partial charge in [0.1, 0.15) is 5.82 Å². The highest BCUT2D eigenvalue weighted by molar-refractivity contribution is 5.59. The predicted molar refractivity (Wildman–Crippen MR) is 106 cm³/mol. The SMILES string of the molecule is CO[C@H]1CN(C(C)C)C[C@@H]1Nc1nc(-c2cccnc2)nc2c1CCNC2. The average Bonchev–Trinajstić information content (AvgIpc) is 3.12. The molecular weight excluding hydrogens is 340 g/mol. The van der Waals surface area contributed by atoms with Crippen molar-refractivity contribution in [3.63, 3.8) is 0 Å². The van der Waals surface area contributed by atoms with Crippen LogP contribution in [0, 0.1) is 0 Å². The molecule has 0 bridgehead atoms. The summed E-state index contributed by atoms with van der Waals surface area (Å²) < 4.78 is 5.77. The van der Waals surface area contributed by atoms with Crippen LogP contribution in [0.25, 0.3) is 11.4 Å². The molecule has 1 fully saturated rings. The first-order valence-corrected chi connectivity index (χ1v) is 9.70. The second-order valence-electron chi connectivity index (χ2n) is 7.56. The fourth-order valence-corrected chi connectivity index (χ4v) is 3.88. The zero-order chi connectivity index (χ0) is 18.8. The lowest BCUT2D eigenvalue weighted by Crippen LogP contribution is -2.36. The molecule has 7 nitrogen and oxygen atoms in total. The van der Waals surface area contributed by atoms with Gasteiger partial charge in [-0.25, -0.2) is 9.97 Å². The van der Waals surface area contributed by atoms with Crippen molar-refractivity contribution in [3.05, 3.63) is 35.8 Å². The summed E-state index contributed by atoms with van der Waals surface area (Å²) in [5.41, 5.74) is 3.23. The molecule has 0 spiro atoms. The predicted octanol–water partition coefficient (Wildman–Crippen LogP) is 1.70. The maximum Gasteiger partial charge on any atom is 0.163 e. The van der Waals surface area contributed by atoms with Gasteiger partial charge >= 0.3 is 0 Å². The summed E-state index contributed by atoms with van der Waals surface area (Å²) >= 11 is 0. The number of aromatic nitrogens is 3. The Morgan fingerprint density at radius 1 is 1.30 bits per heavy atom. The van der Waals surface area contributed by atoms with Crippen LogP contribution in [0.2, 0.25) is 0 Å². The number of methoxy groups -OCH3 is 1. The Morgan fingerprint density at radius 2 is 2.19 bits per heavy atom. The standard InChI is InChI=1S/C20H28N6O/c1-13(2)26-11-17(18(12-26)27-3)24-20-15-6-8-22-10-16(15)23-19(25-20)14-5-4-7-21-9-14/h4-5,7,9,13,17-18,22H,6,8,10-12H2,1-3H3,(H,23,24,25)/t17-,18-/m0/s1. The molecule has 0 amide bonds. The summed E-state index contributed by atoms with van der Waals surface area (Å²) in [5, 5.41) is 7.11. The van der Waals surface area contributed by atoms with Crippen molar-refractivity contribution in [2.45, 2.75) is 45.0 Å². The minimum Gasteiger partial charge on any atom is -0.378 e. The van der Waals surface area contributed by atoms with E-state index in [4.69, 9.17) is 14.7 Å². The van der Waals surface area contributed by atoms with E-state index in [9.17, 15) is 0 Å². The first-order valence-electron chi connectivity index (χ1n) is 9.70. The molecule has 7 heteroatoms. The van der Waals surface area contributed by atoms with E-state index in [0.717, 1.165) is 55.5 Å². The number of hydrogen-bond donors (Lipinski definition) is 2. The first-order chi connectivity index (χ1) is 13.2. The van der Waals surface area contributed by atoms with Crippen LogP contribution < -0.4 is 10.6 Å². The minimum atomic E-state index is 0.154. The number of ether oxygens (including phenoxy) is 1. The molecule has 2 aromatic rings. The van der Waals surface area contributed by atoms with Crippen LogP contribution in [0.5, 0.6) is 0 Å². The summed E-state index contributed by atoms with van der Waals surface area (Å²) in [5.74, 6) is 1.67. The summed E-state index contributed by atoms with van der Waals surface area (Å²) in [6, 6.07) is 4.64. The van der Waals surface area contributed by atoms with Gasteiger partial charge in [0.25, 0.3) is 0 Å². The lowest BCUT2D eigenvalue weighted by Gasteiger charge is -2.25. The van der Waals surface area contributed by atoms with E-state index in [0.29, 0.717) is 6.04 Å². The van der Waals surface area contributed by atoms with Crippen LogP contribution in [-0.4, -0.2) is 64.8 Å². The molecule has 0 aromatic carbocycles. The third-order valence-corrected chi connectivity index (χ3v) is 5.51. The molecule has 27 heavy (non-hydrogen) atoms. The lowest BCUT2D eigenvalue weighted by atomic mass is 10.1. The van der Waals surface area contributed by atoms with Crippen molar-refractivity contribution < 1.29 is 4.74 Å². The van der Waals surface area contributed by atoms with Gasteiger partial charge in [-0.15, -0.1) is 0 Å². The van der Waals surface area contributed by atoms with E-state index in [1.165, 1.54) is 5.56 Å². The minimum absolute atomic E-state index is 0.154. The zero-order valence-electron chi connectivity index (χ0n) is 16.3. The third-order valence-electron chi connectivity index (χ3n) is 5.51. The number of hydrogen-bond acceptors (Lipinski definition) is 7. The fourth-order valence-electron chi connectivity index (χ4n) is 3.88. The number of rotatable bonds is 5. The van der Waals surface area contributed by atoms with Gasteiger partial charge in [0, 0.05) is 56.3 Å². The Balaban J connectivity index is 1.67. The smallest absolute Gasteiger partial charge is 0.163 e. The van der Waals surface area contributed by atoms with Crippen LogP contribution >= 0.6 is 0 Å². The Kier molecular flexibility index (Phi) is 5.33. The molecule has 2 aliphatic rings. The maximum atomic E-state index is 5.77. The van der Waals surface area contributed by atoms with Crippen molar-refractivity contribution in [3.8, 4) is 11.4 Å². The van der Waals surface area contributed by atoms with Crippen LogP contribution in [-0.2, 0) is 17.7 Å². The van der Waals surface area contributed by atoms with Crippen LogP contribution in [0.1, 0.15) is 25.1 Å². The molecule has 2 N–H and O–H groups in total. The van der Waals surface area contributed by atoms with Crippen LogP contribution in [0.4, 0.5) is 5.82 Å². The second kappa shape index (κ2) is 7.88. The van der Waals surface area contributed by atoms with Gasteiger partial charge < -0.3 is 15.4 Å². The highest BCUT2D eigenvalue weighted by atomic mass is 16.5. The Bertz CT molecular complexity index is 782. The number of nitrogens with one attached hydrogen (secondary N) is 2. The molecule has 4 rings (SSSR count). The highest BCUT2D eigenvalue weighted by Crippen LogP contribution is 2.27. The topological polar surface area (TPSA) is 75.2 Å². The molecular formula is C20H28N6O. The second-order valence-corrected chi connectivity index (χ2v) is 7.56. The fraction of sp³-hybridized carbons (Fsp3) is 0.550. The quantitative estimate of drug-likeness (QED) is 0.832. The van der Waals surface area contributed by atoms with Gasteiger partial charge in [0.05, 0.1) is 17.8 Å². The summed E-state index contributed by atoms with van der Waals surface area (Å²) in [6.07, 6.45) is 4.67. The Morgan fingerprint density at radius 3 is 2.93 bits per heavy atom. The van der Waals surface area contributed by atoms with Gasteiger partial charge in [-0.05, 0) is 38.9 Å². The molecule has 1 saturated heterocycles. The van der Waals surface area contributed by atoms with E-state index in [1.54, 1.807) is 13.3 Å². The average molecular weight is 368 g/mol. The van der Waals surface area contributed by atoms with E-state index >= 15 is 0 Å². The van der Waals surface area contributed by atoms with E-state index in [1.807, 2.05) is 18.3 Å². The normalized spacial score (nSPS) is 22.8. The number of pyridine rings is 1. The molecule has 2 atom stereocenters. The van der Waals surface area contributed by atoms with Crippen molar-refractivity contribution >= 4 is 5.82 Å². The van der Waals surface area contributed by atoms with Gasteiger partial charge in [0.15, 0.2) is 5.82 Å². The van der Waals surface area contributed by atoms with Gasteiger partial charge in [0.2, 0.25) is 0 Å². The Hall–Kier alpha value is -2.09. The van der Waals surface area contributed by atoms with Crippen LogP contribution in [0.15, 0.2) is 24.5 Å². The van der Waals surface area contributed by atoms with E-state index < -0.39 is 0 Å². The molecule has 0 aliphatic carbocycles. The van der Waals surface area contributed by atoms with Crippen molar-refractivity contribution in [2.24, 2.45) is 0 Å². The summed E-state index contributed by atoms with van der Waals surface area (Å²) in [6.45, 7) is 8.08. The largest absolute Gasteiger partial charge is 0.378 e. The molecule has 4 heterocycles. The van der Waals surface area contributed by atoms with E-state index in [2.05, 4.69) is 34.4 Å². The summed E-state index contributed by atoms with van der Waals surface area (Å²) in [7, 11) is 1.80. The van der Waals surface area contributed by atoms with Crippen molar-refractivity contribution in [1.29, 1.82) is 0 Å². The van der Waals surface area contributed by atoms with Crippen molar-refractivity contribution in [1.82, 2.24) is 25.2 Å². The summed E-state index contributed by atoms with van der Waals surface area (Å²) in [4.78, 5) is 16.4. The maximum absolute atomic E-state index is 5.77. The molecule has 2 aliphatic heterocycles. The van der Waals surface area contributed by atoms with E-state index in [-0.39, 0.29) is 12.1 Å². The van der Waals surface area contributed by atoms with Gasteiger partial charge in [-0.3, -0.25) is 9.88 Å². The number of nitrogens with zero attached hydrogens (tertiary/aromatic N) is 4. The third kappa shape index (κ3) is 3.81. The molecule has 0 saturated carbocycles. The van der Waals surface area contributed by atoms with Gasteiger partial charge in [-0.2, -0.15) is 0 Å². The van der Waals surface area contributed by atoms with Crippen LogP contribution in [0.3, 0.4) is 0 Å².